The zero-order chi connectivity index (χ0) is 14.1. The molecule has 1 aliphatic heterocycles. The van der Waals surface area contributed by atoms with Crippen LogP contribution in [0.2, 0.25) is 0 Å². The van der Waals surface area contributed by atoms with Gasteiger partial charge in [0.1, 0.15) is 0 Å². The lowest BCUT2D eigenvalue weighted by molar-refractivity contribution is -0.133. The van der Waals surface area contributed by atoms with Crippen molar-refractivity contribution < 1.29 is 19.4 Å². The number of piperidine rings is 1. The zero-order valence-electron chi connectivity index (χ0n) is 11.6. The number of nitrogens with zero attached hydrogens (tertiary/aromatic N) is 1. The van der Waals surface area contributed by atoms with Crippen LogP contribution in [0.3, 0.4) is 0 Å². The Kier molecular flexibility index (Phi) is 7.43. The van der Waals surface area contributed by atoms with Crippen LogP contribution in [0, 0.1) is 0 Å². The number of ether oxygens (including phenoxy) is 1. The van der Waals surface area contributed by atoms with E-state index in [4.69, 9.17) is 9.84 Å². The smallest absolute Gasteiger partial charge is 0.222 e. The molecular formula is C13H24N2O4. The van der Waals surface area contributed by atoms with E-state index in [0.717, 1.165) is 19.4 Å². The van der Waals surface area contributed by atoms with Crippen molar-refractivity contribution in [3.63, 3.8) is 0 Å². The summed E-state index contributed by atoms with van der Waals surface area (Å²) in [6, 6.07) is -0.353. The maximum Gasteiger partial charge on any atom is 0.222 e. The Morgan fingerprint density at radius 1 is 1.53 bits per heavy atom. The number of rotatable bonds is 8. The van der Waals surface area contributed by atoms with Gasteiger partial charge in [0.25, 0.3) is 0 Å². The van der Waals surface area contributed by atoms with E-state index in [1.165, 1.54) is 7.11 Å². The third-order valence-corrected chi connectivity index (χ3v) is 3.21. The molecule has 2 N–H and O–H groups in total. The van der Waals surface area contributed by atoms with Crippen LogP contribution in [0.5, 0.6) is 0 Å². The van der Waals surface area contributed by atoms with Crippen LogP contribution in [0.4, 0.5) is 0 Å². The second-order valence-electron chi connectivity index (χ2n) is 4.84. The SMILES string of the molecule is COCC(CO)NC(=O)CCCN1CCCCC1=O. The molecule has 0 saturated carbocycles. The molecule has 19 heavy (non-hydrogen) atoms. The zero-order valence-corrected chi connectivity index (χ0v) is 11.6. The number of hydrogen-bond donors (Lipinski definition) is 2. The topological polar surface area (TPSA) is 78.9 Å². The van der Waals surface area contributed by atoms with Crippen LogP contribution in [0.25, 0.3) is 0 Å². The Morgan fingerprint density at radius 3 is 2.95 bits per heavy atom. The minimum absolute atomic E-state index is 0.111. The lowest BCUT2D eigenvalue weighted by Gasteiger charge is -2.26. The van der Waals surface area contributed by atoms with Gasteiger partial charge in [-0.1, -0.05) is 0 Å². The standard InChI is InChI=1S/C13H24N2O4/c1-19-10-11(9-16)14-12(17)5-4-8-15-7-3-2-6-13(15)18/h11,16H,2-10H2,1H3,(H,14,17). The fourth-order valence-electron chi connectivity index (χ4n) is 2.17. The summed E-state index contributed by atoms with van der Waals surface area (Å²) in [6.07, 6.45) is 3.68. The van der Waals surface area contributed by atoms with E-state index in [9.17, 15) is 9.59 Å². The minimum atomic E-state index is -0.353. The third-order valence-electron chi connectivity index (χ3n) is 3.21. The molecule has 6 heteroatoms. The molecule has 0 radical (unpaired) electrons. The van der Waals surface area contributed by atoms with Crippen molar-refractivity contribution in [3.05, 3.63) is 0 Å². The number of carbonyl (C=O) groups excluding carboxylic acids is 2. The van der Waals surface area contributed by atoms with Gasteiger partial charge in [0, 0.05) is 33.0 Å². The Hall–Kier alpha value is -1.14. The summed E-state index contributed by atoms with van der Waals surface area (Å²) in [6.45, 7) is 1.61. The van der Waals surface area contributed by atoms with Gasteiger partial charge in [-0.15, -0.1) is 0 Å². The largest absolute Gasteiger partial charge is 0.394 e. The van der Waals surface area contributed by atoms with Gasteiger partial charge in [-0.2, -0.15) is 0 Å². The van der Waals surface area contributed by atoms with E-state index in [1.807, 2.05) is 4.90 Å². The van der Waals surface area contributed by atoms with Gasteiger partial charge < -0.3 is 20.1 Å². The first-order chi connectivity index (χ1) is 9.17. The van der Waals surface area contributed by atoms with Crippen molar-refractivity contribution >= 4 is 11.8 Å². The Bertz CT molecular complexity index is 296. The van der Waals surface area contributed by atoms with Crippen LogP contribution in [-0.2, 0) is 14.3 Å². The van der Waals surface area contributed by atoms with E-state index in [-0.39, 0.29) is 24.5 Å². The van der Waals surface area contributed by atoms with Crippen molar-refractivity contribution in [2.24, 2.45) is 0 Å². The molecule has 110 valence electrons. The number of methoxy groups -OCH3 is 1. The normalized spacial score (nSPS) is 17.4. The molecule has 1 rings (SSSR count). The van der Waals surface area contributed by atoms with Gasteiger partial charge in [-0.3, -0.25) is 9.59 Å². The molecule has 2 amide bonds. The number of nitrogens with one attached hydrogen (secondary N) is 1. The van der Waals surface area contributed by atoms with Crippen LogP contribution < -0.4 is 5.32 Å². The summed E-state index contributed by atoms with van der Waals surface area (Å²) in [4.78, 5) is 25.0. The van der Waals surface area contributed by atoms with Gasteiger partial charge in [0.15, 0.2) is 0 Å². The lowest BCUT2D eigenvalue weighted by Crippen LogP contribution is -2.41. The van der Waals surface area contributed by atoms with E-state index < -0.39 is 0 Å². The van der Waals surface area contributed by atoms with Crippen molar-refractivity contribution in [2.75, 3.05) is 33.4 Å². The second kappa shape index (κ2) is 8.87. The molecule has 1 aliphatic rings. The average Bonchev–Trinajstić information content (AvgIpc) is 2.40. The molecular weight excluding hydrogens is 248 g/mol. The first kappa shape index (κ1) is 15.9. The summed E-state index contributed by atoms with van der Waals surface area (Å²) < 4.78 is 4.88. The van der Waals surface area contributed by atoms with Crippen LogP contribution in [0.15, 0.2) is 0 Å². The van der Waals surface area contributed by atoms with Crippen LogP contribution in [0.1, 0.15) is 32.1 Å². The predicted octanol–water partition coefficient (Wildman–Crippen LogP) is -0.0974. The summed E-state index contributed by atoms with van der Waals surface area (Å²) >= 11 is 0. The number of amides is 2. The highest BCUT2D eigenvalue weighted by Gasteiger charge is 2.18. The number of aliphatic hydroxyl groups excluding tert-OH is 1. The average molecular weight is 272 g/mol. The highest BCUT2D eigenvalue weighted by Crippen LogP contribution is 2.11. The number of hydrogen-bond acceptors (Lipinski definition) is 4. The quantitative estimate of drug-likeness (QED) is 0.647. The highest BCUT2D eigenvalue weighted by atomic mass is 16.5. The van der Waals surface area contributed by atoms with E-state index >= 15 is 0 Å². The van der Waals surface area contributed by atoms with E-state index in [1.54, 1.807) is 0 Å². The first-order valence-corrected chi connectivity index (χ1v) is 6.84. The molecule has 0 aromatic carbocycles. The van der Waals surface area contributed by atoms with Gasteiger partial charge in [0.05, 0.1) is 19.3 Å². The molecule has 1 atom stereocenters. The monoisotopic (exact) mass is 272 g/mol. The second-order valence-corrected chi connectivity index (χ2v) is 4.84. The third kappa shape index (κ3) is 6.02. The van der Waals surface area contributed by atoms with Crippen molar-refractivity contribution in [3.8, 4) is 0 Å². The molecule has 6 nitrogen and oxygen atoms in total. The number of likely N-dealkylation sites (tertiary alicyclic amines) is 1. The molecule has 0 aromatic rings. The summed E-state index contributed by atoms with van der Waals surface area (Å²) in [5, 5.41) is 11.7. The molecule has 1 heterocycles. The van der Waals surface area contributed by atoms with Crippen molar-refractivity contribution in [1.29, 1.82) is 0 Å². The molecule has 0 spiro atoms. The molecule has 1 saturated heterocycles. The molecule has 0 aromatic heterocycles. The van der Waals surface area contributed by atoms with Crippen LogP contribution >= 0.6 is 0 Å². The minimum Gasteiger partial charge on any atom is -0.394 e. The van der Waals surface area contributed by atoms with Gasteiger partial charge in [-0.05, 0) is 19.3 Å². The van der Waals surface area contributed by atoms with Crippen LogP contribution in [-0.4, -0.2) is 61.3 Å². The highest BCUT2D eigenvalue weighted by molar-refractivity contribution is 5.77. The lowest BCUT2D eigenvalue weighted by atomic mass is 10.1. The van der Waals surface area contributed by atoms with Crippen molar-refractivity contribution in [2.45, 2.75) is 38.1 Å². The molecule has 0 aliphatic carbocycles. The van der Waals surface area contributed by atoms with Gasteiger partial charge in [0.2, 0.25) is 11.8 Å². The summed E-state index contributed by atoms with van der Waals surface area (Å²) in [5.41, 5.74) is 0. The first-order valence-electron chi connectivity index (χ1n) is 6.84. The molecule has 1 fully saturated rings. The Balaban J connectivity index is 2.17. The maximum atomic E-state index is 11.6. The molecule has 0 bridgehead atoms. The van der Waals surface area contributed by atoms with E-state index in [2.05, 4.69) is 5.32 Å². The fraction of sp³-hybridized carbons (Fsp3) is 0.846. The Labute approximate surface area is 114 Å². The maximum absolute atomic E-state index is 11.6. The fourth-order valence-corrected chi connectivity index (χ4v) is 2.17. The number of aliphatic hydroxyl groups is 1. The molecule has 1 unspecified atom stereocenters. The van der Waals surface area contributed by atoms with Gasteiger partial charge in [-0.25, -0.2) is 0 Å². The Morgan fingerprint density at radius 2 is 2.32 bits per heavy atom. The summed E-state index contributed by atoms with van der Waals surface area (Å²) in [5.74, 6) is 0.0832. The van der Waals surface area contributed by atoms with E-state index in [0.29, 0.717) is 32.4 Å². The van der Waals surface area contributed by atoms with Crippen molar-refractivity contribution in [1.82, 2.24) is 10.2 Å². The predicted molar refractivity (Wildman–Crippen MR) is 70.6 cm³/mol. The number of carbonyl (C=O) groups is 2. The summed E-state index contributed by atoms with van der Waals surface area (Å²) in [7, 11) is 1.52. The van der Waals surface area contributed by atoms with Gasteiger partial charge >= 0.3 is 0 Å².